The maximum Gasteiger partial charge on any atom is 0.0585 e. The maximum atomic E-state index is 9.49. The second kappa shape index (κ2) is 8.33. The lowest BCUT2D eigenvalue weighted by molar-refractivity contribution is 0.160. The van der Waals surface area contributed by atoms with Crippen LogP contribution in [-0.2, 0) is 0 Å². The summed E-state index contributed by atoms with van der Waals surface area (Å²) in [6.07, 6.45) is 4.02. The van der Waals surface area contributed by atoms with E-state index < -0.39 is 0 Å². The quantitative estimate of drug-likeness (QED) is 0.615. The van der Waals surface area contributed by atoms with Crippen molar-refractivity contribution in [2.24, 2.45) is 0 Å². The number of hydrogen-bond donors (Lipinski definition) is 2. The van der Waals surface area contributed by atoms with Gasteiger partial charge in [-0.05, 0) is 17.7 Å². The van der Waals surface area contributed by atoms with E-state index in [4.69, 9.17) is 12.2 Å². The molecule has 2 atom stereocenters. The van der Waals surface area contributed by atoms with E-state index in [2.05, 4.69) is 0 Å². The standard InChI is InChI=1S/C11H22O2S/c1-3-5-9(12)7-11(14)8-10(13)6-4-2/h9-10,12-13H,3-8H2,1-2H3. The lowest BCUT2D eigenvalue weighted by Crippen LogP contribution is -2.17. The van der Waals surface area contributed by atoms with Gasteiger partial charge in [0.25, 0.3) is 0 Å². The van der Waals surface area contributed by atoms with Crippen LogP contribution in [0.3, 0.4) is 0 Å². The van der Waals surface area contributed by atoms with E-state index in [1.54, 1.807) is 0 Å². The molecular weight excluding hydrogens is 196 g/mol. The number of hydrogen-bond acceptors (Lipinski definition) is 3. The van der Waals surface area contributed by atoms with Gasteiger partial charge in [0.1, 0.15) is 0 Å². The molecule has 0 fully saturated rings. The Hall–Kier alpha value is 0.01000. The van der Waals surface area contributed by atoms with Gasteiger partial charge in [-0.15, -0.1) is 0 Å². The first-order valence-corrected chi connectivity index (χ1v) is 5.88. The van der Waals surface area contributed by atoms with Crippen LogP contribution in [0, 0.1) is 0 Å². The van der Waals surface area contributed by atoms with Crippen LogP contribution in [0.5, 0.6) is 0 Å². The highest BCUT2D eigenvalue weighted by molar-refractivity contribution is 7.80. The summed E-state index contributed by atoms with van der Waals surface area (Å²) < 4.78 is 0. The average molecular weight is 218 g/mol. The molecule has 84 valence electrons. The zero-order valence-electron chi connectivity index (χ0n) is 9.20. The van der Waals surface area contributed by atoms with Crippen LogP contribution in [0.15, 0.2) is 0 Å². The van der Waals surface area contributed by atoms with Gasteiger partial charge in [0.2, 0.25) is 0 Å². The van der Waals surface area contributed by atoms with Crippen LogP contribution < -0.4 is 0 Å². The van der Waals surface area contributed by atoms with Gasteiger partial charge in [0.05, 0.1) is 12.2 Å². The van der Waals surface area contributed by atoms with Crippen molar-refractivity contribution in [3.63, 3.8) is 0 Å². The molecule has 0 amide bonds. The van der Waals surface area contributed by atoms with Gasteiger partial charge in [0, 0.05) is 12.8 Å². The molecule has 0 heterocycles. The van der Waals surface area contributed by atoms with Crippen molar-refractivity contribution >= 4 is 17.1 Å². The number of rotatable bonds is 8. The van der Waals surface area contributed by atoms with Gasteiger partial charge in [-0.25, -0.2) is 0 Å². The monoisotopic (exact) mass is 218 g/mol. The summed E-state index contributed by atoms with van der Waals surface area (Å²) in [6, 6.07) is 0. The minimum atomic E-state index is -0.318. The minimum Gasteiger partial charge on any atom is -0.393 e. The van der Waals surface area contributed by atoms with E-state index in [1.807, 2.05) is 13.8 Å². The third kappa shape index (κ3) is 7.42. The molecular formula is C11H22O2S. The third-order valence-electron chi connectivity index (χ3n) is 2.17. The smallest absolute Gasteiger partial charge is 0.0585 e. The summed E-state index contributed by atoms with van der Waals surface area (Å²) in [4.78, 5) is 0.798. The largest absolute Gasteiger partial charge is 0.393 e. The molecule has 2 N–H and O–H groups in total. The molecule has 0 rings (SSSR count). The van der Waals surface area contributed by atoms with Crippen molar-refractivity contribution in [1.82, 2.24) is 0 Å². The zero-order valence-corrected chi connectivity index (χ0v) is 10.0. The Bertz CT molecular complexity index is 143. The number of thiocarbonyl (C=S) groups is 1. The molecule has 0 saturated carbocycles. The Balaban J connectivity index is 3.63. The molecule has 2 unspecified atom stereocenters. The normalized spacial score (nSPS) is 15.1. The Morgan fingerprint density at radius 1 is 1.00 bits per heavy atom. The molecule has 0 aliphatic heterocycles. The lowest BCUT2D eigenvalue weighted by Gasteiger charge is -2.13. The van der Waals surface area contributed by atoms with Gasteiger partial charge in [-0.2, -0.15) is 0 Å². The Kier molecular flexibility index (Phi) is 8.34. The van der Waals surface area contributed by atoms with Gasteiger partial charge in [0.15, 0.2) is 0 Å². The fraction of sp³-hybridized carbons (Fsp3) is 0.909. The van der Waals surface area contributed by atoms with Crippen LogP contribution in [0.25, 0.3) is 0 Å². The van der Waals surface area contributed by atoms with Crippen molar-refractivity contribution in [3.8, 4) is 0 Å². The van der Waals surface area contributed by atoms with E-state index in [9.17, 15) is 10.2 Å². The lowest BCUT2D eigenvalue weighted by atomic mass is 10.0. The number of aliphatic hydroxyl groups is 2. The molecule has 0 aromatic heterocycles. The summed E-state index contributed by atoms with van der Waals surface area (Å²) >= 11 is 5.11. The second-order valence-corrected chi connectivity index (χ2v) is 4.41. The maximum absolute atomic E-state index is 9.49. The molecule has 2 nitrogen and oxygen atoms in total. The fourth-order valence-electron chi connectivity index (χ4n) is 1.48. The van der Waals surface area contributed by atoms with Crippen LogP contribution in [-0.4, -0.2) is 27.3 Å². The molecule has 0 radical (unpaired) electrons. The van der Waals surface area contributed by atoms with Crippen LogP contribution >= 0.6 is 12.2 Å². The predicted octanol–water partition coefficient (Wildman–Crippen LogP) is 2.46. The highest BCUT2D eigenvalue weighted by atomic mass is 32.1. The van der Waals surface area contributed by atoms with E-state index in [0.717, 1.165) is 30.5 Å². The topological polar surface area (TPSA) is 40.5 Å². The summed E-state index contributed by atoms with van der Waals surface area (Å²) in [5.41, 5.74) is 0. The van der Waals surface area contributed by atoms with Crippen molar-refractivity contribution in [3.05, 3.63) is 0 Å². The first-order chi connectivity index (χ1) is 6.60. The Morgan fingerprint density at radius 2 is 1.36 bits per heavy atom. The van der Waals surface area contributed by atoms with Gasteiger partial charge in [-0.1, -0.05) is 38.9 Å². The number of aliphatic hydroxyl groups excluding tert-OH is 2. The van der Waals surface area contributed by atoms with Crippen molar-refractivity contribution < 1.29 is 10.2 Å². The third-order valence-corrected chi connectivity index (χ3v) is 2.50. The first kappa shape index (κ1) is 14.0. The highest BCUT2D eigenvalue weighted by Gasteiger charge is 2.10. The molecule has 0 aromatic carbocycles. The zero-order chi connectivity index (χ0) is 11.0. The SMILES string of the molecule is CCCC(O)CC(=S)CC(O)CCC. The predicted molar refractivity (Wildman–Crippen MR) is 63.7 cm³/mol. The van der Waals surface area contributed by atoms with E-state index in [-0.39, 0.29) is 12.2 Å². The first-order valence-electron chi connectivity index (χ1n) is 5.47. The molecule has 0 saturated heterocycles. The molecule has 0 bridgehead atoms. The van der Waals surface area contributed by atoms with Crippen LogP contribution in [0.1, 0.15) is 52.4 Å². The van der Waals surface area contributed by atoms with Gasteiger partial charge in [-0.3, -0.25) is 0 Å². The molecule has 14 heavy (non-hydrogen) atoms. The second-order valence-electron chi connectivity index (χ2n) is 3.83. The van der Waals surface area contributed by atoms with Crippen molar-refractivity contribution in [1.29, 1.82) is 0 Å². The molecule has 0 spiro atoms. The van der Waals surface area contributed by atoms with E-state index >= 15 is 0 Å². The van der Waals surface area contributed by atoms with E-state index in [0.29, 0.717) is 12.8 Å². The highest BCUT2D eigenvalue weighted by Crippen LogP contribution is 2.09. The Morgan fingerprint density at radius 3 is 1.64 bits per heavy atom. The Labute approximate surface area is 92.3 Å². The van der Waals surface area contributed by atoms with Crippen molar-refractivity contribution in [2.75, 3.05) is 0 Å². The fourth-order valence-corrected chi connectivity index (χ4v) is 1.86. The van der Waals surface area contributed by atoms with Gasteiger partial charge >= 0.3 is 0 Å². The minimum absolute atomic E-state index is 0.318. The van der Waals surface area contributed by atoms with Crippen LogP contribution in [0.4, 0.5) is 0 Å². The molecule has 0 aliphatic carbocycles. The van der Waals surface area contributed by atoms with E-state index in [1.165, 1.54) is 0 Å². The summed E-state index contributed by atoms with van der Waals surface area (Å²) in [5, 5.41) is 19.0. The van der Waals surface area contributed by atoms with Crippen LogP contribution in [0.2, 0.25) is 0 Å². The molecule has 0 aliphatic rings. The average Bonchev–Trinajstić information content (AvgIpc) is 2.03. The van der Waals surface area contributed by atoms with Gasteiger partial charge < -0.3 is 10.2 Å². The molecule has 0 aromatic rings. The molecule has 3 heteroatoms. The summed E-state index contributed by atoms with van der Waals surface area (Å²) in [7, 11) is 0. The summed E-state index contributed by atoms with van der Waals surface area (Å²) in [5.74, 6) is 0. The summed E-state index contributed by atoms with van der Waals surface area (Å²) in [6.45, 7) is 4.08. The van der Waals surface area contributed by atoms with Crippen molar-refractivity contribution in [2.45, 2.75) is 64.6 Å².